The molecule has 0 saturated heterocycles. The number of nitrogens with one attached hydrogen (secondary N) is 2. The first-order valence-electron chi connectivity index (χ1n) is 5.40. The molecule has 1 aromatic carbocycles. The summed E-state index contributed by atoms with van der Waals surface area (Å²) in [7, 11) is 0. The van der Waals surface area contributed by atoms with Gasteiger partial charge in [0.1, 0.15) is 11.6 Å². The molecule has 94 valence electrons. The highest BCUT2D eigenvalue weighted by Crippen LogP contribution is 2.11. The summed E-state index contributed by atoms with van der Waals surface area (Å²) in [6, 6.07) is 4.10. The van der Waals surface area contributed by atoms with Crippen LogP contribution in [0, 0.1) is 12.7 Å². The molecule has 0 fully saturated rings. The van der Waals surface area contributed by atoms with Crippen LogP contribution in [0.4, 0.5) is 10.2 Å². The zero-order chi connectivity index (χ0) is 13.1. The van der Waals surface area contributed by atoms with Gasteiger partial charge in [-0.15, -0.1) is 0 Å². The molecule has 1 heterocycles. The number of nitrogens with two attached hydrogens (primary N) is 1. The zero-order valence-electron chi connectivity index (χ0n) is 9.83. The number of anilines is 1. The fourth-order valence-electron chi connectivity index (χ4n) is 1.57. The molecule has 0 aliphatic heterocycles. The van der Waals surface area contributed by atoms with Crippen molar-refractivity contribution in [2.75, 3.05) is 5.73 Å². The first kappa shape index (κ1) is 12.1. The van der Waals surface area contributed by atoms with Crippen molar-refractivity contribution in [1.29, 1.82) is 0 Å². The van der Waals surface area contributed by atoms with Crippen LogP contribution in [0.15, 0.2) is 24.4 Å². The van der Waals surface area contributed by atoms with Crippen molar-refractivity contribution < 1.29 is 9.18 Å². The maximum absolute atomic E-state index is 13.1. The quantitative estimate of drug-likeness (QED) is 0.767. The van der Waals surface area contributed by atoms with E-state index in [9.17, 15) is 9.18 Å². The zero-order valence-corrected chi connectivity index (χ0v) is 9.83. The monoisotopic (exact) mass is 248 g/mol. The summed E-state index contributed by atoms with van der Waals surface area (Å²) in [4.78, 5) is 11.9. The lowest BCUT2D eigenvalue weighted by Gasteiger charge is -2.07. The van der Waals surface area contributed by atoms with E-state index in [2.05, 4.69) is 15.5 Å². The summed E-state index contributed by atoms with van der Waals surface area (Å²) < 4.78 is 13.1. The number of hydrogen-bond acceptors (Lipinski definition) is 3. The lowest BCUT2D eigenvalue weighted by Crippen LogP contribution is -2.24. The summed E-state index contributed by atoms with van der Waals surface area (Å²) in [6.45, 7) is 2.00. The highest BCUT2D eigenvalue weighted by molar-refractivity contribution is 5.95. The molecule has 0 aliphatic carbocycles. The van der Waals surface area contributed by atoms with E-state index in [4.69, 9.17) is 5.73 Å². The van der Waals surface area contributed by atoms with E-state index in [1.807, 2.05) is 0 Å². The van der Waals surface area contributed by atoms with E-state index in [0.29, 0.717) is 22.5 Å². The number of H-pyrrole nitrogens is 1. The Kier molecular flexibility index (Phi) is 3.27. The second-order valence-electron chi connectivity index (χ2n) is 3.95. The molecule has 0 radical (unpaired) electrons. The fourth-order valence-corrected chi connectivity index (χ4v) is 1.57. The summed E-state index contributed by atoms with van der Waals surface area (Å²) in [5, 5.41) is 8.98. The average Bonchev–Trinajstić information content (AvgIpc) is 2.75. The van der Waals surface area contributed by atoms with Crippen LogP contribution in [0.5, 0.6) is 0 Å². The summed E-state index contributed by atoms with van der Waals surface area (Å²) in [5.74, 6) is -0.368. The number of carbonyl (C=O) groups is 1. The van der Waals surface area contributed by atoms with E-state index < -0.39 is 5.82 Å². The predicted molar refractivity (Wildman–Crippen MR) is 65.3 cm³/mol. The van der Waals surface area contributed by atoms with Gasteiger partial charge in [-0.3, -0.25) is 9.89 Å². The smallest absolute Gasteiger partial charge is 0.251 e. The molecule has 1 aromatic heterocycles. The van der Waals surface area contributed by atoms with Crippen molar-refractivity contribution in [1.82, 2.24) is 15.5 Å². The molecule has 6 heteroatoms. The van der Waals surface area contributed by atoms with E-state index in [1.54, 1.807) is 13.0 Å². The van der Waals surface area contributed by atoms with Gasteiger partial charge in [0, 0.05) is 17.7 Å². The van der Waals surface area contributed by atoms with Gasteiger partial charge in [0.2, 0.25) is 0 Å². The van der Waals surface area contributed by atoms with Gasteiger partial charge in [-0.1, -0.05) is 6.07 Å². The van der Waals surface area contributed by atoms with Crippen molar-refractivity contribution in [3.05, 3.63) is 46.9 Å². The number of rotatable bonds is 3. The molecule has 2 rings (SSSR count). The minimum Gasteiger partial charge on any atom is -0.384 e. The third kappa shape index (κ3) is 2.48. The van der Waals surface area contributed by atoms with E-state index in [-0.39, 0.29) is 12.5 Å². The van der Waals surface area contributed by atoms with Crippen molar-refractivity contribution >= 4 is 11.7 Å². The Morgan fingerprint density at radius 2 is 2.33 bits per heavy atom. The van der Waals surface area contributed by atoms with Gasteiger partial charge in [0.05, 0.1) is 6.20 Å². The Balaban J connectivity index is 2.08. The van der Waals surface area contributed by atoms with Crippen LogP contribution >= 0.6 is 0 Å². The van der Waals surface area contributed by atoms with Crippen molar-refractivity contribution in [2.24, 2.45) is 0 Å². The Bertz CT molecular complexity index is 579. The van der Waals surface area contributed by atoms with Gasteiger partial charge in [-0.25, -0.2) is 4.39 Å². The lowest BCUT2D eigenvalue weighted by molar-refractivity contribution is 0.0950. The number of hydrogen-bond donors (Lipinski definition) is 3. The largest absolute Gasteiger partial charge is 0.384 e. The maximum atomic E-state index is 13.1. The van der Waals surface area contributed by atoms with Crippen LogP contribution in [0.2, 0.25) is 0 Å². The van der Waals surface area contributed by atoms with Gasteiger partial charge >= 0.3 is 0 Å². The Labute approximate surface area is 103 Å². The standard InChI is InChI=1S/C12H13FN4O/c1-7-2-3-9(13)4-10(7)12(18)15-5-8-6-16-17-11(8)14/h2-4,6H,5H2,1H3,(H,15,18)(H3,14,16,17). The number of aromatic nitrogens is 2. The molecule has 0 atom stereocenters. The summed E-state index contributed by atoms with van der Waals surface area (Å²) in [6.07, 6.45) is 1.54. The highest BCUT2D eigenvalue weighted by Gasteiger charge is 2.10. The molecule has 0 spiro atoms. The number of carbonyl (C=O) groups excluding carboxylic acids is 1. The predicted octanol–water partition coefficient (Wildman–Crippen LogP) is 1.37. The SMILES string of the molecule is Cc1ccc(F)cc1C(=O)NCc1cn[nH]c1N. The molecule has 0 unspecified atom stereocenters. The third-order valence-electron chi connectivity index (χ3n) is 2.63. The topological polar surface area (TPSA) is 83.8 Å². The minimum absolute atomic E-state index is 0.247. The van der Waals surface area contributed by atoms with Crippen LogP contribution in [-0.4, -0.2) is 16.1 Å². The van der Waals surface area contributed by atoms with Gasteiger partial charge in [0.15, 0.2) is 0 Å². The van der Waals surface area contributed by atoms with Gasteiger partial charge in [-0.05, 0) is 24.6 Å². The number of aryl methyl sites for hydroxylation is 1. The van der Waals surface area contributed by atoms with Crippen LogP contribution in [0.1, 0.15) is 21.5 Å². The summed E-state index contributed by atoms with van der Waals surface area (Å²) in [5.41, 5.74) is 7.32. The van der Waals surface area contributed by atoms with Gasteiger partial charge in [0.25, 0.3) is 5.91 Å². The van der Waals surface area contributed by atoms with Crippen LogP contribution in [0.25, 0.3) is 0 Å². The second-order valence-corrected chi connectivity index (χ2v) is 3.95. The van der Waals surface area contributed by atoms with Crippen LogP contribution in [-0.2, 0) is 6.54 Å². The van der Waals surface area contributed by atoms with Gasteiger partial charge in [-0.2, -0.15) is 5.10 Å². The number of benzene rings is 1. The number of aromatic amines is 1. The molecule has 4 N–H and O–H groups in total. The second kappa shape index (κ2) is 4.87. The van der Waals surface area contributed by atoms with Crippen molar-refractivity contribution in [2.45, 2.75) is 13.5 Å². The Morgan fingerprint density at radius 3 is 3.00 bits per heavy atom. The highest BCUT2D eigenvalue weighted by atomic mass is 19.1. The first-order chi connectivity index (χ1) is 8.58. The van der Waals surface area contributed by atoms with E-state index in [0.717, 1.165) is 0 Å². The molecule has 0 saturated carbocycles. The third-order valence-corrected chi connectivity index (χ3v) is 2.63. The Hall–Kier alpha value is -2.37. The molecule has 0 aliphatic rings. The molecule has 5 nitrogen and oxygen atoms in total. The van der Waals surface area contributed by atoms with Crippen LogP contribution < -0.4 is 11.1 Å². The normalized spacial score (nSPS) is 10.3. The number of nitrogens with zero attached hydrogens (tertiary/aromatic N) is 1. The lowest BCUT2D eigenvalue weighted by atomic mass is 10.1. The molecule has 0 bridgehead atoms. The summed E-state index contributed by atoms with van der Waals surface area (Å²) >= 11 is 0. The maximum Gasteiger partial charge on any atom is 0.251 e. The molecule has 1 amide bonds. The average molecular weight is 248 g/mol. The van der Waals surface area contributed by atoms with E-state index >= 15 is 0 Å². The van der Waals surface area contributed by atoms with Gasteiger partial charge < -0.3 is 11.1 Å². The Morgan fingerprint density at radius 1 is 1.56 bits per heavy atom. The van der Waals surface area contributed by atoms with Crippen LogP contribution in [0.3, 0.4) is 0 Å². The molecule has 2 aromatic rings. The van der Waals surface area contributed by atoms with E-state index in [1.165, 1.54) is 18.3 Å². The van der Waals surface area contributed by atoms with Crippen molar-refractivity contribution in [3.8, 4) is 0 Å². The van der Waals surface area contributed by atoms with Crippen molar-refractivity contribution in [3.63, 3.8) is 0 Å². The minimum atomic E-state index is -0.437. The molecule has 18 heavy (non-hydrogen) atoms. The number of nitrogen functional groups attached to an aromatic ring is 1. The first-order valence-corrected chi connectivity index (χ1v) is 5.40. The number of halogens is 1. The number of amides is 1. The molecular weight excluding hydrogens is 235 g/mol. The molecular formula is C12H13FN4O. The fraction of sp³-hybridized carbons (Fsp3) is 0.167.